The molecule has 1 fully saturated rings. The molecule has 1 saturated heterocycles. The molecule has 0 spiro atoms. The van der Waals surface area contributed by atoms with Crippen molar-refractivity contribution in [3.63, 3.8) is 0 Å². The van der Waals surface area contributed by atoms with Crippen LogP contribution in [0.5, 0.6) is 0 Å². The molecule has 0 N–H and O–H groups in total. The van der Waals surface area contributed by atoms with Gasteiger partial charge >= 0.3 is 7.69 Å². The van der Waals surface area contributed by atoms with Gasteiger partial charge in [0.1, 0.15) is 0 Å². The smallest absolute Gasteiger partial charge is 0.406 e. The Labute approximate surface area is 128 Å². The van der Waals surface area contributed by atoms with E-state index in [9.17, 15) is 0 Å². The fraction of sp³-hybridized carbons (Fsp3) is 0.333. The maximum Gasteiger partial charge on any atom is 0.439 e. The summed E-state index contributed by atoms with van der Waals surface area (Å²) in [6, 6.07) is 20.8. The summed E-state index contributed by atoms with van der Waals surface area (Å²) in [7, 11) is 0.431. The molecular weight excluding hydrogens is 259 g/mol. The van der Waals surface area contributed by atoms with Gasteiger partial charge in [-0.1, -0.05) is 60.7 Å². The Morgan fingerprint density at radius 1 is 0.619 bits per heavy atom. The van der Waals surface area contributed by atoms with Crippen molar-refractivity contribution in [1.29, 1.82) is 0 Å². The van der Waals surface area contributed by atoms with Crippen molar-refractivity contribution in [3.8, 4) is 11.1 Å². The molecule has 1 heterocycles. The van der Waals surface area contributed by atoms with E-state index in [1.807, 2.05) is 39.8 Å². The van der Waals surface area contributed by atoms with E-state index in [0.717, 1.165) is 0 Å². The third kappa shape index (κ3) is 3.96. The van der Waals surface area contributed by atoms with Crippen molar-refractivity contribution in [2.75, 3.05) is 0 Å². The molecule has 1 aliphatic heterocycles. The van der Waals surface area contributed by atoms with Gasteiger partial charge in [0.15, 0.2) is 0 Å². The summed E-state index contributed by atoms with van der Waals surface area (Å²) in [5.41, 5.74) is 2.29. The van der Waals surface area contributed by atoms with E-state index in [4.69, 9.17) is 9.31 Å². The second-order valence-corrected chi connectivity index (χ2v) is 6.16. The molecule has 21 heavy (non-hydrogen) atoms. The summed E-state index contributed by atoms with van der Waals surface area (Å²) in [5, 5.41) is 0. The first kappa shape index (κ1) is 15.8. The minimum Gasteiger partial charge on any atom is -0.406 e. The Morgan fingerprint density at radius 3 is 1.19 bits per heavy atom. The van der Waals surface area contributed by atoms with Gasteiger partial charge in [0.25, 0.3) is 0 Å². The average molecular weight is 282 g/mol. The lowest BCUT2D eigenvalue weighted by molar-refractivity contribution is 0.00578. The Kier molecular flexibility index (Phi) is 4.86. The molecular formula is C18H23BO2. The summed E-state index contributed by atoms with van der Waals surface area (Å²) < 4.78 is 10.7. The molecule has 3 rings (SSSR count). The van der Waals surface area contributed by atoms with E-state index in [1.54, 1.807) is 0 Å². The summed E-state index contributed by atoms with van der Waals surface area (Å²) in [4.78, 5) is 0. The van der Waals surface area contributed by atoms with E-state index >= 15 is 0 Å². The fourth-order valence-corrected chi connectivity index (χ4v) is 1.93. The minimum atomic E-state index is -0.132. The molecule has 0 unspecified atom stereocenters. The van der Waals surface area contributed by atoms with Crippen molar-refractivity contribution in [1.82, 2.24) is 0 Å². The molecule has 2 aromatic rings. The van der Waals surface area contributed by atoms with Gasteiger partial charge in [0.2, 0.25) is 0 Å². The van der Waals surface area contributed by atoms with Crippen LogP contribution in [0.4, 0.5) is 0 Å². The van der Waals surface area contributed by atoms with Crippen LogP contribution >= 0.6 is 0 Å². The molecule has 0 aliphatic carbocycles. The van der Waals surface area contributed by atoms with Gasteiger partial charge in [0, 0.05) is 0 Å². The van der Waals surface area contributed by atoms with Crippen molar-refractivity contribution < 1.29 is 9.31 Å². The van der Waals surface area contributed by atoms with Gasteiger partial charge in [-0.2, -0.15) is 0 Å². The maximum atomic E-state index is 5.33. The highest BCUT2D eigenvalue weighted by Crippen LogP contribution is 2.33. The van der Waals surface area contributed by atoms with Crippen LogP contribution in [0.1, 0.15) is 27.7 Å². The van der Waals surface area contributed by atoms with E-state index in [-0.39, 0.29) is 11.2 Å². The minimum absolute atomic E-state index is 0.132. The van der Waals surface area contributed by atoms with Gasteiger partial charge < -0.3 is 9.31 Å². The first-order valence-corrected chi connectivity index (χ1v) is 7.31. The first-order chi connectivity index (χ1) is 9.92. The summed E-state index contributed by atoms with van der Waals surface area (Å²) in [6.07, 6.45) is 0. The molecule has 0 bridgehead atoms. The molecule has 0 radical (unpaired) electrons. The lowest BCUT2D eigenvalue weighted by atomic mass is 9.90. The number of hydrogen-bond donors (Lipinski definition) is 0. The summed E-state index contributed by atoms with van der Waals surface area (Å²) in [6.45, 7) is 8.17. The zero-order chi connectivity index (χ0) is 15.3. The predicted molar refractivity (Wildman–Crippen MR) is 89.4 cm³/mol. The Bertz CT molecular complexity index is 498. The van der Waals surface area contributed by atoms with E-state index in [1.165, 1.54) is 11.1 Å². The average Bonchev–Trinajstić information content (AvgIpc) is 2.73. The highest BCUT2D eigenvalue weighted by molar-refractivity contribution is 6.19. The first-order valence-electron chi connectivity index (χ1n) is 7.31. The van der Waals surface area contributed by atoms with Crippen molar-refractivity contribution in [2.45, 2.75) is 38.9 Å². The zero-order valence-electron chi connectivity index (χ0n) is 13.3. The van der Waals surface area contributed by atoms with Crippen molar-refractivity contribution in [3.05, 3.63) is 60.7 Å². The largest absolute Gasteiger partial charge is 0.439 e. The van der Waals surface area contributed by atoms with Crippen LogP contribution in [0.25, 0.3) is 11.1 Å². The molecule has 0 saturated carbocycles. The quantitative estimate of drug-likeness (QED) is 0.729. The molecule has 0 atom stereocenters. The van der Waals surface area contributed by atoms with E-state index in [2.05, 4.69) is 48.5 Å². The Hall–Kier alpha value is -1.58. The Morgan fingerprint density at radius 2 is 0.952 bits per heavy atom. The predicted octanol–water partition coefficient (Wildman–Crippen LogP) is 4.21. The molecule has 0 aromatic heterocycles. The molecule has 3 heteroatoms. The topological polar surface area (TPSA) is 18.5 Å². The number of hydrogen-bond acceptors (Lipinski definition) is 2. The van der Waals surface area contributed by atoms with Gasteiger partial charge in [-0.15, -0.1) is 0 Å². The number of rotatable bonds is 1. The summed E-state index contributed by atoms with van der Waals surface area (Å²) >= 11 is 0. The van der Waals surface area contributed by atoms with Crippen LogP contribution in [-0.2, 0) is 9.31 Å². The normalized spacial score (nSPS) is 18.3. The van der Waals surface area contributed by atoms with Crippen LogP contribution in [-0.4, -0.2) is 18.9 Å². The standard InChI is InChI=1S/C12H10.C6H13BO2/c1-3-7-11(8-4-1)12-9-5-2-6-10-12;1-5(2)6(3,4)9-7-8-5/h1-10H;7H,1-4H3. The van der Waals surface area contributed by atoms with E-state index in [0.29, 0.717) is 7.69 Å². The SMILES string of the molecule is CC1(C)OBOC1(C)C.c1ccc(-c2ccccc2)cc1. The maximum absolute atomic E-state index is 5.33. The fourth-order valence-electron chi connectivity index (χ4n) is 1.93. The molecule has 1 aliphatic rings. The van der Waals surface area contributed by atoms with E-state index < -0.39 is 0 Å². The van der Waals surface area contributed by atoms with Crippen molar-refractivity contribution >= 4 is 7.69 Å². The highest BCUT2D eigenvalue weighted by Gasteiger charge is 2.44. The molecule has 110 valence electrons. The Balaban J connectivity index is 0.000000161. The highest BCUT2D eigenvalue weighted by atomic mass is 16.7. The third-order valence-electron chi connectivity index (χ3n) is 4.17. The lowest BCUT2D eigenvalue weighted by Gasteiger charge is -2.32. The van der Waals surface area contributed by atoms with Crippen LogP contribution in [0, 0.1) is 0 Å². The second kappa shape index (κ2) is 6.46. The lowest BCUT2D eigenvalue weighted by Crippen LogP contribution is -2.41. The van der Waals surface area contributed by atoms with Crippen LogP contribution < -0.4 is 0 Å². The third-order valence-corrected chi connectivity index (χ3v) is 4.17. The zero-order valence-corrected chi connectivity index (χ0v) is 13.3. The van der Waals surface area contributed by atoms with Crippen LogP contribution in [0.15, 0.2) is 60.7 Å². The second-order valence-electron chi connectivity index (χ2n) is 6.16. The van der Waals surface area contributed by atoms with Gasteiger partial charge in [0.05, 0.1) is 11.2 Å². The monoisotopic (exact) mass is 282 g/mol. The van der Waals surface area contributed by atoms with Crippen molar-refractivity contribution in [2.24, 2.45) is 0 Å². The summed E-state index contributed by atoms with van der Waals surface area (Å²) in [5.74, 6) is 0. The number of benzene rings is 2. The van der Waals surface area contributed by atoms with Gasteiger partial charge in [-0.3, -0.25) is 0 Å². The molecule has 2 nitrogen and oxygen atoms in total. The van der Waals surface area contributed by atoms with Gasteiger partial charge in [-0.25, -0.2) is 0 Å². The van der Waals surface area contributed by atoms with Crippen LogP contribution in [0.2, 0.25) is 0 Å². The van der Waals surface area contributed by atoms with Gasteiger partial charge in [-0.05, 0) is 38.8 Å². The van der Waals surface area contributed by atoms with Crippen LogP contribution in [0.3, 0.4) is 0 Å². The molecule has 2 aromatic carbocycles. The molecule has 0 amide bonds.